The van der Waals surface area contributed by atoms with Crippen LogP contribution in [0.5, 0.6) is 11.5 Å². The van der Waals surface area contributed by atoms with E-state index in [1.807, 2.05) is 6.20 Å². The van der Waals surface area contributed by atoms with Gasteiger partial charge in [-0.25, -0.2) is 4.98 Å². The normalized spacial score (nSPS) is 13.8. The van der Waals surface area contributed by atoms with Crippen molar-refractivity contribution >= 4 is 33.2 Å². The van der Waals surface area contributed by atoms with Gasteiger partial charge in [-0.2, -0.15) is 0 Å². The van der Waals surface area contributed by atoms with E-state index in [0.717, 1.165) is 39.4 Å². The number of nitrogens with zero attached hydrogens (tertiary/aromatic N) is 4. The van der Waals surface area contributed by atoms with E-state index in [9.17, 15) is 0 Å². The van der Waals surface area contributed by atoms with Crippen LogP contribution in [-0.2, 0) is 16.2 Å². The molecule has 0 amide bonds. The first-order chi connectivity index (χ1) is 30.0. The molecule has 8 aromatic rings. The number of para-hydroxylation sites is 1. The fourth-order valence-electron chi connectivity index (χ4n) is 9.13. The van der Waals surface area contributed by atoms with Gasteiger partial charge < -0.3 is 14.5 Å². The van der Waals surface area contributed by atoms with Gasteiger partial charge in [0.15, 0.2) is 0 Å². The number of fused-ring (bicyclic) bond motifs is 3. The second-order valence-corrected chi connectivity index (χ2v) is 20.3. The van der Waals surface area contributed by atoms with Crippen LogP contribution in [0.15, 0.2) is 176 Å². The zero-order valence-electron chi connectivity index (χ0n) is 38.6. The van der Waals surface area contributed by atoms with Gasteiger partial charge in [0.05, 0.1) is 17.7 Å². The molecule has 9 rings (SSSR count). The number of allylic oxidation sites excluding steroid dienone is 1. The Bertz CT molecular complexity index is 2960. The number of hydrogen-bond donors (Lipinski definition) is 0. The minimum absolute atomic E-state index is 0.0861. The summed E-state index contributed by atoms with van der Waals surface area (Å²) < 4.78 is 9.22. The lowest BCUT2D eigenvalue weighted by Crippen LogP contribution is -2.30. The highest BCUT2D eigenvalue weighted by Gasteiger charge is 2.33. The number of rotatable bonds is 9. The van der Waals surface area contributed by atoms with Crippen LogP contribution >= 0.6 is 0 Å². The number of hydrogen-bond acceptors (Lipinski definition) is 4. The molecule has 0 unspecified atom stereocenters. The van der Waals surface area contributed by atoms with E-state index in [-0.39, 0.29) is 21.7 Å². The maximum Gasteiger partial charge on any atom is 0.137 e. The standard InChI is InChI=1S/C58H60N4O/c1-55(2,3)44-33-46(60-38-53(56(4,5)6)61(39-60)45-27-25-42(26-28-45)57(7,8)40-19-13-11-14-20-40)36-48(34-44)63-47-29-30-50-49-23-17-18-24-51(49)62(52(50)37-47)54-35-43(31-32-59-54)58(9,10)41-21-15-12-16-22-41/h11-38H,39H2,1-10H3. The van der Waals surface area contributed by atoms with Crippen molar-refractivity contribution in [2.24, 2.45) is 5.41 Å². The summed E-state index contributed by atoms with van der Waals surface area (Å²) in [6, 6.07) is 56.8. The molecule has 0 bridgehead atoms. The SMILES string of the molecule is CC(C)(C)C1=CN(c2cc(Oc3ccc4c5ccccc5n(-c5cc(C(C)(C)c6ccccc6)ccn5)c4c3)cc(C(C)(C)C)c2)CN1c1ccc(C(C)(C)c2ccccc2)cc1. The summed E-state index contributed by atoms with van der Waals surface area (Å²) in [4.78, 5) is 9.82. The molecule has 0 radical (unpaired) electrons. The van der Waals surface area contributed by atoms with E-state index >= 15 is 0 Å². The summed E-state index contributed by atoms with van der Waals surface area (Å²) in [5, 5.41) is 2.34. The lowest BCUT2D eigenvalue weighted by molar-refractivity contribution is 0.479. The zero-order valence-corrected chi connectivity index (χ0v) is 38.6. The Morgan fingerprint density at radius 1 is 0.460 bits per heavy atom. The highest BCUT2D eigenvalue weighted by atomic mass is 16.5. The molecule has 318 valence electrons. The molecular formula is C58H60N4O. The van der Waals surface area contributed by atoms with Crippen LogP contribution in [0, 0.1) is 5.41 Å². The van der Waals surface area contributed by atoms with Gasteiger partial charge in [0.25, 0.3) is 0 Å². The van der Waals surface area contributed by atoms with Gasteiger partial charge >= 0.3 is 0 Å². The molecule has 0 fully saturated rings. The fraction of sp³-hybridized carbons (Fsp3) is 0.259. The van der Waals surface area contributed by atoms with Crippen LogP contribution in [-0.4, -0.2) is 16.2 Å². The van der Waals surface area contributed by atoms with Gasteiger partial charge in [-0.05, 0) is 87.8 Å². The Kier molecular flexibility index (Phi) is 10.4. The third-order valence-corrected chi connectivity index (χ3v) is 13.2. The van der Waals surface area contributed by atoms with Gasteiger partial charge in [0.1, 0.15) is 17.3 Å². The number of ether oxygens (including phenoxy) is 1. The van der Waals surface area contributed by atoms with Gasteiger partial charge in [-0.3, -0.25) is 4.57 Å². The molecule has 3 heterocycles. The Morgan fingerprint density at radius 2 is 1.06 bits per heavy atom. The number of anilines is 2. The molecule has 1 aliphatic heterocycles. The molecule has 5 heteroatoms. The molecule has 0 saturated carbocycles. The molecule has 1 aliphatic rings. The Hall–Kier alpha value is -6.59. The predicted octanol–water partition coefficient (Wildman–Crippen LogP) is 15.1. The quantitative estimate of drug-likeness (QED) is 0.145. The monoisotopic (exact) mass is 828 g/mol. The predicted molar refractivity (Wildman–Crippen MR) is 265 cm³/mol. The average molecular weight is 829 g/mol. The zero-order chi connectivity index (χ0) is 44.3. The van der Waals surface area contributed by atoms with E-state index in [2.05, 4.69) is 248 Å². The summed E-state index contributed by atoms with van der Waals surface area (Å²) in [7, 11) is 0. The summed E-state index contributed by atoms with van der Waals surface area (Å²) in [6.07, 6.45) is 4.27. The molecule has 0 saturated heterocycles. The summed E-state index contributed by atoms with van der Waals surface area (Å²) in [5.74, 6) is 2.46. The minimum atomic E-state index is -0.207. The lowest BCUT2D eigenvalue weighted by Gasteiger charge is -2.32. The first-order valence-corrected chi connectivity index (χ1v) is 22.3. The Balaban J connectivity index is 1.07. The van der Waals surface area contributed by atoms with Crippen molar-refractivity contribution in [2.75, 3.05) is 16.5 Å². The molecule has 2 aromatic heterocycles. The van der Waals surface area contributed by atoms with Crippen molar-refractivity contribution < 1.29 is 4.74 Å². The van der Waals surface area contributed by atoms with Gasteiger partial charge in [0.2, 0.25) is 0 Å². The van der Waals surface area contributed by atoms with Crippen LogP contribution in [0.4, 0.5) is 11.4 Å². The van der Waals surface area contributed by atoms with Gasteiger partial charge in [0, 0.05) is 68.6 Å². The van der Waals surface area contributed by atoms with E-state index in [0.29, 0.717) is 6.67 Å². The van der Waals surface area contributed by atoms with E-state index in [1.165, 1.54) is 44.6 Å². The maximum atomic E-state index is 6.94. The van der Waals surface area contributed by atoms with E-state index in [1.54, 1.807) is 0 Å². The Morgan fingerprint density at radius 3 is 1.71 bits per heavy atom. The molecule has 0 N–H and O–H groups in total. The molecule has 0 atom stereocenters. The fourth-order valence-corrected chi connectivity index (χ4v) is 9.13. The van der Waals surface area contributed by atoms with Crippen LogP contribution in [0.2, 0.25) is 0 Å². The van der Waals surface area contributed by atoms with Crippen molar-refractivity contribution in [3.8, 4) is 17.3 Å². The first-order valence-electron chi connectivity index (χ1n) is 22.3. The first kappa shape index (κ1) is 41.7. The van der Waals surface area contributed by atoms with Crippen LogP contribution < -0.4 is 14.5 Å². The third kappa shape index (κ3) is 7.90. The van der Waals surface area contributed by atoms with Crippen LogP contribution in [0.25, 0.3) is 27.6 Å². The largest absolute Gasteiger partial charge is 0.457 e. The molecule has 0 aliphatic carbocycles. The maximum absolute atomic E-state index is 6.94. The van der Waals surface area contributed by atoms with Crippen molar-refractivity contribution in [3.05, 3.63) is 204 Å². The molecule has 63 heavy (non-hydrogen) atoms. The molecule has 6 aromatic carbocycles. The topological polar surface area (TPSA) is 33.5 Å². The van der Waals surface area contributed by atoms with Crippen LogP contribution in [0.1, 0.15) is 97.1 Å². The average Bonchev–Trinajstić information content (AvgIpc) is 3.88. The molecule has 0 spiro atoms. The summed E-state index contributed by atoms with van der Waals surface area (Å²) in [6.45, 7) is 23.6. The highest BCUT2D eigenvalue weighted by molar-refractivity contribution is 6.09. The number of benzene rings is 6. The molecular weight excluding hydrogens is 769 g/mol. The van der Waals surface area contributed by atoms with E-state index < -0.39 is 0 Å². The number of aromatic nitrogens is 2. The number of pyridine rings is 1. The van der Waals surface area contributed by atoms with Crippen molar-refractivity contribution in [1.82, 2.24) is 9.55 Å². The van der Waals surface area contributed by atoms with Crippen molar-refractivity contribution in [2.45, 2.75) is 85.5 Å². The minimum Gasteiger partial charge on any atom is -0.457 e. The van der Waals surface area contributed by atoms with Gasteiger partial charge in [-0.1, -0.05) is 160 Å². The summed E-state index contributed by atoms with van der Waals surface area (Å²) in [5.41, 5.74) is 11.5. The van der Waals surface area contributed by atoms with Crippen molar-refractivity contribution in [3.63, 3.8) is 0 Å². The third-order valence-electron chi connectivity index (χ3n) is 13.2. The van der Waals surface area contributed by atoms with E-state index in [4.69, 9.17) is 9.72 Å². The highest BCUT2D eigenvalue weighted by Crippen LogP contribution is 2.43. The second kappa shape index (κ2) is 15.6. The smallest absolute Gasteiger partial charge is 0.137 e. The Labute approximate surface area is 374 Å². The van der Waals surface area contributed by atoms with Crippen LogP contribution in [0.3, 0.4) is 0 Å². The summed E-state index contributed by atoms with van der Waals surface area (Å²) >= 11 is 0. The molecule has 5 nitrogen and oxygen atoms in total. The second-order valence-electron chi connectivity index (χ2n) is 20.3. The van der Waals surface area contributed by atoms with Crippen molar-refractivity contribution in [1.29, 1.82) is 0 Å². The van der Waals surface area contributed by atoms with Gasteiger partial charge in [-0.15, -0.1) is 0 Å². The lowest BCUT2D eigenvalue weighted by atomic mass is 9.78.